The predicted octanol–water partition coefficient (Wildman–Crippen LogP) is 3.80. The van der Waals surface area contributed by atoms with Gasteiger partial charge in [-0.1, -0.05) is 18.5 Å². The van der Waals surface area contributed by atoms with Crippen LogP contribution in [0.15, 0.2) is 21.3 Å². The van der Waals surface area contributed by atoms with Gasteiger partial charge < -0.3 is 14.1 Å². The van der Waals surface area contributed by atoms with E-state index in [-0.39, 0.29) is 5.63 Å². The topological polar surface area (TPSA) is 42.7 Å². The van der Waals surface area contributed by atoms with Crippen LogP contribution in [0.3, 0.4) is 0 Å². The Balaban J connectivity index is 2.14. The summed E-state index contributed by atoms with van der Waals surface area (Å²) in [7, 11) is 3.57. The summed E-state index contributed by atoms with van der Waals surface area (Å²) in [6, 6.07) is 3.46. The molecule has 0 aliphatic heterocycles. The first-order chi connectivity index (χ1) is 10.9. The lowest BCUT2D eigenvalue weighted by Gasteiger charge is -2.22. The summed E-state index contributed by atoms with van der Waals surface area (Å²) in [5.74, 6) is 0.938. The lowest BCUT2D eigenvalue weighted by molar-refractivity contribution is 0.447. The molecule has 0 fully saturated rings. The highest BCUT2D eigenvalue weighted by Gasteiger charge is 2.23. The summed E-state index contributed by atoms with van der Waals surface area (Å²) in [6.45, 7) is 2.19. The fraction of sp³-hybridized carbons (Fsp3) is 0.412. The molecule has 1 atom stereocenters. The van der Waals surface area contributed by atoms with Gasteiger partial charge in [-0.15, -0.1) is 0 Å². The minimum Gasteiger partial charge on any atom is -0.430 e. The number of rotatable bonds is 1. The van der Waals surface area contributed by atoms with Crippen LogP contribution in [0.5, 0.6) is 5.75 Å². The van der Waals surface area contributed by atoms with Crippen molar-refractivity contribution in [1.82, 2.24) is 4.90 Å². The van der Waals surface area contributed by atoms with Crippen LogP contribution in [0, 0.1) is 5.92 Å². The van der Waals surface area contributed by atoms with Crippen LogP contribution in [0.4, 0.5) is 0 Å². The van der Waals surface area contributed by atoms with Crippen molar-refractivity contribution in [2.75, 3.05) is 14.1 Å². The second-order valence-corrected chi connectivity index (χ2v) is 6.99. The van der Waals surface area contributed by atoms with Crippen LogP contribution in [0.25, 0.3) is 11.0 Å². The number of thiocarbonyl (C=S) groups is 1. The zero-order chi connectivity index (χ0) is 16.7. The zero-order valence-corrected chi connectivity index (χ0v) is 14.9. The Morgan fingerprint density at radius 2 is 2.13 bits per heavy atom. The first-order valence-corrected chi connectivity index (χ1v) is 8.32. The van der Waals surface area contributed by atoms with E-state index in [0.717, 1.165) is 35.8 Å². The van der Waals surface area contributed by atoms with Crippen LogP contribution in [-0.2, 0) is 12.8 Å². The summed E-state index contributed by atoms with van der Waals surface area (Å²) in [6.07, 6.45) is 2.63. The van der Waals surface area contributed by atoms with Gasteiger partial charge in [0.15, 0.2) is 5.75 Å². The van der Waals surface area contributed by atoms with Gasteiger partial charge in [-0.25, -0.2) is 4.79 Å². The van der Waals surface area contributed by atoms with Gasteiger partial charge in [0.25, 0.3) is 5.17 Å². The highest BCUT2D eigenvalue weighted by atomic mass is 35.5. The van der Waals surface area contributed by atoms with Gasteiger partial charge in [-0.05, 0) is 49.0 Å². The number of nitrogens with zero attached hydrogens (tertiary/aromatic N) is 1. The normalized spacial score (nSPS) is 17.0. The molecule has 2 aromatic rings. The molecule has 0 amide bonds. The number of fused-ring (bicyclic) bond motifs is 3. The lowest BCUT2D eigenvalue weighted by atomic mass is 9.84. The van der Waals surface area contributed by atoms with E-state index in [0.29, 0.717) is 27.4 Å². The summed E-state index contributed by atoms with van der Waals surface area (Å²) >= 11 is 11.5. The van der Waals surface area contributed by atoms with Crippen LogP contribution in [0.2, 0.25) is 5.02 Å². The van der Waals surface area contributed by atoms with Gasteiger partial charge in [0, 0.05) is 31.1 Å². The van der Waals surface area contributed by atoms with Crippen molar-refractivity contribution in [1.29, 1.82) is 0 Å². The maximum Gasteiger partial charge on any atom is 0.339 e. The van der Waals surface area contributed by atoms with Gasteiger partial charge in [0.2, 0.25) is 0 Å². The van der Waals surface area contributed by atoms with Gasteiger partial charge >= 0.3 is 5.63 Å². The molecule has 1 heterocycles. The van der Waals surface area contributed by atoms with Crippen molar-refractivity contribution in [3.8, 4) is 5.75 Å². The molecular formula is C17H18ClNO3S. The Morgan fingerprint density at radius 1 is 1.39 bits per heavy atom. The van der Waals surface area contributed by atoms with E-state index < -0.39 is 0 Å². The minimum atomic E-state index is -0.261. The molecule has 3 rings (SSSR count). The van der Waals surface area contributed by atoms with Crippen molar-refractivity contribution >= 4 is 40.0 Å². The molecule has 1 aliphatic carbocycles. The molecule has 0 bridgehead atoms. The Bertz CT molecular complexity index is 844. The van der Waals surface area contributed by atoms with Crippen LogP contribution < -0.4 is 10.4 Å². The largest absolute Gasteiger partial charge is 0.430 e. The second kappa shape index (κ2) is 6.13. The average Bonchev–Trinajstić information content (AvgIpc) is 2.49. The summed E-state index contributed by atoms with van der Waals surface area (Å²) in [5.41, 5.74) is 2.06. The van der Waals surface area contributed by atoms with E-state index in [1.807, 2.05) is 6.07 Å². The summed E-state index contributed by atoms with van der Waals surface area (Å²) in [5, 5.41) is 1.63. The number of benzene rings is 1. The van der Waals surface area contributed by atoms with E-state index in [4.69, 9.17) is 33.0 Å². The highest BCUT2D eigenvalue weighted by Crippen LogP contribution is 2.35. The fourth-order valence-electron chi connectivity index (χ4n) is 2.89. The molecule has 0 saturated carbocycles. The van der Waals surface area contributed by atoms with Crippen LogP contribution >= 0.6 is 23.8 Å². The fourth-order valence-corrected chi connectivity index (χ4v) is 3.19. The van der Waals surface area contributed by atoms with Crippen molar-refractivity contribution in [2.45, 2.75) is 26.2 Å². The van der Waals surface area contributed by atoms with E-state index in [2.05, 4.69) is 6.92 Å². The van der Waals surface area contributed by atoms with Crippen LogP contribution in [0.1, 0.15) is 24.5 Å². The number of halogens is 1. The monoisotopic (exact) mass is 351 g/mol. The van der Waals surface area contributed by atoms with Crippen molar-refractivity contribution in [2.24, 2.45) is 5.92 Å². The predicted molar refractivity (Wildman–Crippen MR) is 95.6 cm³/mol. The summed E-state index contributed by atoms with van der Waals surface area (Å²) in [4.78, 5) is 13.9. The third-order valence-electron chi connectivity index (χ3n) is 4.17. The average molecular weight is 352 g/mol. The molecule has 4 nitrogen and oxygen atoms in total. The molecule has 0 saturated heterocycles. The summed E-state index contributed by atoms with van der Waals surface area (Å²) < 4.78 is 11.1. The zero-order valence-electron chi connectivity index (χ0n) is 13.3. The van der Waals surface area contributed by atoms with Gasteiger partial charge in [-0.3, -0.25) is 0 Å². The molecular weight excluding hydrogens is 334 g/mol. The quantitative estimate of drug-likeness (QED) is 0.577. The SMILES string of the molecule is CC1CCc2c(c3cc(Cl)c(OC(=S)N(C)C)cc3oc2=O)C1. The van der Waals surface area contributed by atoms with Crippen molar-refractivity contribution in [3.05, 3.63) is 38.7 Å². The standard InChI is InChI=1S/C17H18ClNO3S/c1-9-4-5-10-11(6-9)12-7-13(18)15(22-17(23)19(2)3)8-14(12)21-16(10)20/h7-9H,4-6H2,1-3H3. The van der Waals surface area contributed by atoms with E-state index in [1.54, 1.807) is 25.1 Å². The number of hydrogen-bond donors (Lipinski definition) is 0. The highest BCUT2D eigenvalue weighted by molar-refractivity contribution is 7.80. The molecule has 1 aliphatic rings. The number of hydrogen-bond acceptors (Lipinski definition) is 4. The van der Waals surface area contributed by atoms with E-state index in [1.165, 1.54) is 0 Å². The lowest BCUT2D eigenvalue weighted by Crippen LogP contribution is -2.25. The van der Waals surface area contributed by atoms with Gasteiger partial charge in [0.1, 0.15) is 5.58 Å². The van der Waals surface area contributed by atoms with E-state index >= 15 is 0 Å². The third kappa shape index (κ3) is 3.08. The first kappa shape index (κ1) is 16.3. The number of ether oxygens (including phenoxy) is 1. The molecule has 1 aromatic carbocycles. The molecule has 6 heteroatoms. The molecule has 1 unspecified atom stereocenters. The van der Waals surface area contributed by atoms with Gasteiger partial charge in [-0.2, -0.15) is 0 Å². The van der Waals surface area contributed by atoms with Gasteiger partial charge in [0.05, 0.1) is 5.02 Å². The smallest absolute Gasteiger partial charge is 0.339 e. The third-order valence-corrected chi connectivity index (χ3v) is 4.92. The molecule has 0 spiro atoms. The van der Waals surface area contributed by atoms with Crippen molar-refractivity contribution < 1.29 is 9.15 Å². The Kier molecular flexibility index (Phi) is 4.34. The molecule has 0 N–H and O–H groups in total. The first-order valence-electron chi connectivity index (χ1n) is 7.54. The Hall–Kier alpha value is -1.59. The van der Waals surface area contributed by atoms with Crippen LogP contribution in [-0.4, -0.2) is 24.2 Å². The van der Waals surface area contributed by atoms with Crippen molar-refractivity contribution in [3.63, 3.8) is 0 Å². The Labute approximate surface area is 145 Å². The maximum absolute atomic E-state index is 12.2. The molecule has 122 valence electrons. The maximum atomic E-state index is 12.2. The minimum absolute atomic E-state index is 0.261. The molecule has 0 radical (unpaired) electrons. The molecule has 1 aromatic heterocycles. The van der Waals surface area contributed by atoms with E-state index in [9.17, 15) is 4.79 Å². The molecule has 23 heavy (non-hydrogen) atoms. The second-order valence-electron chi connectivity index (χ2n) is 6.24. The Morgan fingerprint density at radius 3 is 2.83 bits per heavy atom.